The number of hydrogen-bond donors (Lipinski definition) is 1. The molecule has 0 bridgehead atoms. The Hall–Kier alpha value is -1.96. The van der Waals surface area contributed by atoms with Crippen molar-refractivity contribution in [2.45, 2.75) is 13.5 Å². The normalized spacial score (nSPS) is 10.3. The molecule has 0 saturated heterocycles. The van der Waals surface area contributed by atoms with Crippen molar-refractivity contribution in [2.24, 2.45) is 0 Å². The smallest absolute Gasteiger partial charge is 0.270 e. The van der Waals surface area contributed by atoms with E-state index in [0.717, 1.165) is 5.69 Å². The zero-order valence-electron chi connectivity index (χ0n) is 9.38. The summed E-state index contributed by atoms with van der Waals surface area (Å²) in [5, 5.41) is 17.3. The topological polar surface area (TPSA) is 94.1 Å². The zero-order chi connectivity index (χ0) is 13.1. The van der Waals surface area contributed by atoms with Gasteiger partial charge in [-0.05, 0) is 28.9 Å². The fourth-order valence-electron chi connectivity index (χ4n) is 1.34. The molecule has 7 nitrogen and oxygen atoms in total. The highest BCUT2D eigenvalue weighted by atomic mass is 79.9. The Morgan fingerprint density at radius 2 is 2.33 bits per heavy atom. The van der Waals surface area contributed by atoms with Gasteiger partial charge in [-0.1, -0.05) is 5.16 Å². The highest BCUT2D eigenvalue weighted by molar-refractivity contribution is 9.10. The first-order valence-electron chi connectivity index (χ1n) is 5.03. The number of aromatic nitrogens is 2. The summed E-state index contributed by atoms with van der Waals surface area (Å²) >= 11 is 3.26. The summed E-state index contributed by atoms with van der Waals surface area (Å²) in [5.41, 5.74) is 0.748. The van der Waals surface area contributed by atoms with Crippen molar-refractivity contribution in [3.63, 3.8) is 0 Å². The third-order valence-corrected chi connectivity index (χ3v) is 2.82. The molecule has 0 amide bonds. The van der Waals surface area contributed by atoms with Crippen LogP contribution in [0.1, 0.15) is 11.7 Å². The predicted octanol–water partition coefficient (Wildman–Crippen LogP) is 2.66. The van der Waals surface area contributed by atoms with Crippen molar-refractivity contribution in [1.82, 2.24) is 10.1 Å². The molecule has 8 heteroatoms. The molecule has 0 aliphatic rings. The van der Waals surface area contributed by atoms with Crippen molar-refractivity contribution in [2.75, 3.05) is 5.32 Å². The first-order chi connectivity index (χ1) is 8.56. The summed E-state index contributed by atoms with van der Waals surface area (Å²) < 4.78 is 5.55. The molecule has 1 heterocycles. The fraction of sp³-hybridized carbons (Fsp3) is 0.200. The molecule has 0 saturated carbocycles. The van der Waals surface area contributed by atoms with Crippen molar-refractivity contribution < 1.29 is 9.45 Å². The lowest BCUT2D eigenvalue weighted by atomic mass is 10.3. The Balaban J connectivity index is 2.08. The second-order valence-electron chi connectivity index (χ2n) is 3.51. The predicted molar refractivity (Wildman–Crippen MR) is 67.2 cm³/mol. The Morgan fingerprint density at radius 3 is 2.89 bits per heavy atom. The van der Waals surface area contributed by atoms with Crippen LogP contribution in [0.4, 0.5) is 11.4 Å². The zero-order valence-corrected chi connectivity index (χ0v) is 11.0. The van der Waals surface area contributed by atoms with Crippen molar-refractivity contribution in [3.8, 4) is 0 Å². The Morgan fingerprint density at radius 1 is 1.56 bits per heavy atom. The number of nitro groups is 1. The van der Waals surface area contributed by atoms with Gasteiger partial charge >= 0.3 is 0 Å². The van der Waals surface area contributed by atoms with Gasteiger partial charge in [-0.15, -0.1) is 0 Å². The molecule has 0 unspecified atom stereocenters. The van der Waals surface area contributed by atoms with Crippen LogP contribution in [0, 0.1) is 17.0 Å². The van der Waals surface area contributed by atoms with Crippen LogP contribution >= 0.6 is 15.9 Å². The summed E-state index contributed by atoms with van der Waals surface area (Å²) in [7, 11) is 0. The molecule has 0 spiro atoms. The van der Waals surface area contributed by atoms with Crippen LogP contribution in [0.2, 0.25) is 0 Å². The minimum atomic E-state index is -0.449. The van der Waals surface area contributed by atoms with Gasteiger partial charge < -0.3 is 9.84 Å². The molecule has 2 rings (SSSR count). The quantitative estimate of drug-likeness (QED) is 0.689. The van der Waals surface area contributed by atoms with Crippen molar-refractivity contribution in [1.29, 1.82) is 0 Å². The molecule has 2 aromatic rings. The monoisotopic (exact) mass is 312 g/mol. The summed E-state index contributed by atoms with van der Waals surface area (Å²) in [6, 6.07) is 4.47. The molecule has 0 aliphatic carbocycles. The minimum absolute atomic E-state index is 0.0288. The van der Waals surface area contributed by atoms with E-state index < -0.39 is 4.92 Å². The molecule has 0 aliphatic heterocycles. The molecule has 1 aromatic heterocycles. The maximum atomic E-state index is 10.6. The lowest BCUT2D eigenvalue weighted by Crippen LogP contribution is -2.01. The Kier molecular flexibility index (Phi) is 3.56. The largest absolute Gasteiger partial charge is 0.375 e. The summed E-state index contributed by atoms with van der Waals surface area (Å²) in [5.74, 6) is 1.02. The van der Waals surface area contributed by atoms with Gasteiger partial charge in [0.1, 0.15) is 0 Å². The minimum Gasteiger partial charge on any atom is -0.375 e. The molecular formula is C10H9BrN4O3. The molecule has 0 radical (unpaired) electrons. The second kappa shape index (κ2) is 5.13. The number of benzene rings is 1. The third kappa shape index (κ3) is 2.83. The number of hydrogen-bond acceptors (Lipinski definition) is 6. The summed E-state index contributed by atoms with van der Waals surface area (Å²) in [6.45, 7) is 2.09. The maximum Gasteiger partial charge on any atom is 0.270 e. The van der Waals surface area contributed by atoms with Gasteiger partial charge in [-0.25, -0.2) is 0 Å². The van der Waals surface area contributed by atoms with Crippen LogP contribution in [0.25, 0.3) is 0 Å². The van der Waals surface area contributed by atoms with Crippen molar-refractivity contribution >= 4 is 27.3 Å². The fourth-order valence-corrected chi connectivity index (χ4v) is 1.85. The standard InChI is InChI=1S/C10H9BrN4O3/c1-6-13-10(18-14-6)5-12-9-3-2-7(15(16)17)4-8(9)11/h2-4,12H,5H2,1H3. The highest BCUT2D eigenvalue weighted by Crippen LogP contribution is 2.27. The van der Waals surface area contributed by atoms with Gasteiger partial charge in [0.2, 0.25) is 5.89 Å². The molecular weight excluding hydrogens is 304 g/mol. The van der Waals surface area contributed by atoms with E-state index in [1.54, 1.807) is 13.0 Å². The van der Waals surface area contributed by atoms with Crippen LogP contribution in [0.15, 0.2) is 27.2 Å². The van der Waals surface area contributed by atoms with Gasteiger partial charge in [0, 0.05) is 22.3 Å². The van der Waals surface area contributed by atoms with Gasteiger partial charge in [-0.3, -0.25) is 10.1 Å². The Labute approximate surface area is 110 Å². The van der Waals surface area contributed by atoms with Crippen LogP contribution < -0.4 is 5.32 Å². The lowest BCUT2D eigenvalue weighted by molar-refractivity contribution is -0.384. The third-order valence-electron chi connectivity index (χ3n) is 2.16. The van der Waals surface area contributed by atoms with Gasteiger partial charge in [0.05, 0.1) is 11.5 Å². The number of nitrogens with one attached hydrogen (secondary N) is 1. The lowest BCUT2D eigenvalue weighted by Gasteiger charge is -2.05. The molecule has 1 N–H and O–H groups in total. The molecule has 1 aromatic carbocycles. The first-order valence-corrected chi connectivity index (χ1v) is 5.82. The van der Waals surface area contributed by atoms with E-state index in [0.29, 0.717) is 22.7 Å². The maximum absolute atomic E-state index is 10.6. The number of rotatable bonds is 4. The van der Waals surface area contributed by atoms with Gasteiger partial charge in [0.25, 0.3) is 5.69 Å². The van der Waals surface area contributed by atoms with E-state index in [4.69, 9.17) is 4.52 Å². The second-order valence-corrected chi connectivity index (χ2v) is 4.36. The average Bonchev–Trinajstić information content (AvgIpc) is 2.73. The van der Waals surface area contributed by atoms with E-state index in [1.165, 1.54) is 12.1 Å². The number of nitro benzene ring substituents is 1. The number of nitrogens with zero attached hydrogens (tertiary/aromatic N) is 3. The van der Waals surface area contributed by atoms with E-state index >= 15 is 0 Å². The Bertz CT molecular complexity index is 584. The van der Waals surface area contributed by atoms with E-state index in [9.17, 15) is 10.1 Å². The molecule has 0 fully saturated rings. The number of anilines is 1. The van der Waals surface area contributed by atoms with Crippen LogP contribution in [0.5, 0.6) is 0 Å². The first kappa shape index (κ1) is 12.5. The SMILES string of the molecule is Cc1noc(CNc2ccc([N+](=O)[O-])cc2Br)n1. The summed E-state index contributed by atoms with van der Waals surface area (Å²) in [4.78, 5) is 14.2. The van der Waals surface area contributed by atoms with Crippen LogP contribution in [-0.4, -0.2) is 15.1 Å². The van der Waals surface area contributed by atoms with E-state index in [2.05, 4.69) is 31.4 Å². The number of halogens is 1. The van der Waals surface area contributed by atoms with Crippen LogP contribution in [-0.2, 0) is 6.54 Å². The molecule has 0 atom stereocenters. The highest BCUT2D eigenvalue weighted by Gasteiger charge is 2.09. The van der Waals surface area contributed by atoms with Gasteiger partial charge in [-0.2, -0.15) is 4.98 Å². The number of aryl methyl sites for hydroxylation is 1. The number of non-ortho nitro benzene ring substituents is 1. The van der Waals surface area contributed by atoms with E-state index in [1.807, 2.05) is 0 Å². The molecule has 18 heavy (non-hydrogen) atoms. The average molecular weight is 313 g/mol. The summed E-state index contributed by atoms with van der Waals surface area (Å²) in [6.07, 6.45) is 0. The van der Waals surface area contributed by atoms with Gasteiger partial charge in [0.15, 0.2) is 5.82 Å². The van der Waals surface area contributed by atoms with E-state index in [-0.39, 0.29) is 5.69 Å². The molecule has 94 valence electrons. The van der Waals surface area contributed by atoms with Crippen LogP contribution in [0.3, 0.4) is 0 Å². The van der Waals surface area contributed by atoms with Crippen molar-refractivity contribution in [3.05, 3.63) is 44.5 Å².